The van der Waals surface area contributed by atoms with Crippen molar-refractivity contribution in [3.63, 3.8) is 0 Å². The fourth-order valence-electron chi connectivity index (χ4n) is 3.70. The minimum atomic E-state index is -0.426. The number of amides is 2. The summed E-state index contributed by atoms with van der Waals surface area (Å²) in [6, 6.07) is 8.36. The number of thiophene rings is 2. The van der Waals surface area contributed by atoms with Crippen molar-refractivity contribution in [2.75, 3.05) is 26.2 Å². The Kier molecular flexibility index (Phi) is 8.46. The molecule has 0 spiro atoms. The predicted molar refractivity (Wildman–Crippen MR) is 143 cm³/mol. The highest BCUT2D eigenvalue weighted by atomic mass is 35.5. The molecule has 1 aromatic carbocycles. The van der Waals surface area contributed by atoms with Crippen molar-refractivity contribution < 1.29 is 14.7 Å². The van der Waals surface area contributed by atoms with E-state index in [2.05, 4.69) is 20.7 Å². The predicted octanol–water partition coefficient (Wildman–Crippen LogP) is 5.47. The second kappa shape index (κ2) is 11.5. The van der Waals surface area contributed by atoms with Crippen LogP contribution in [0.3, 0.4) is 0 Å². The van der Waals surface area contributed by atoms with E-state index in [-0.39, 0.29) is 11.7 Å². The van der Waals surface area contributed by atoms with Crippen molar-refractivity contribution in [3.8, 4) is 16.2 Å². The number of likely N-dealkylation sites (tertiary alicyclic amines) is 1. The van der Waals surface area contributed by atoms with Crippen LogP contribution in [-0.2, 0) is 0 Å². The molecule has 0 unspecified atom stereocenters. The number of hydrogen-bond donors (Lipinski definition) is 3. The number of nitrogens with one attached hydrogen (secondary N) is 2. The zero-order valence-corrected chi connectivity index (χ0v) is 22.1. The molecule has 3 aromatic rings. The maximum Gasteiger partial charge on any atom is 0.281 e. The number of benzene rings is 1. The molecule has 3 heterocycles. The van der Waals surface area contributed by atoms with Gasteiger partial charge in [0.15, 0.2) is 0 Å². The first-order valence-corrected chi connectivity index (χ1v) is 13.5. The summed E-state index contributed by atoms with van der Waals surface area (Å²) in [5.74, 6) is -0.566. The SMILES string of the molecule is C/C(=N/NC(=O)c1ccc(C(=O)NCCN2CCCC2)s1)c1csc(-c2ccc(Cl)c(Cl)c2)c1O. The van der Waals surface area contributed by atoms with Crippen LogP contribution in [0.25, 0.3) is 10.4 Å². The lowest BCUT2D eigenvalue weighted by atomic mass is 10.1. The van der Waals surface area contributed by atoms with E-state index in [1.54, 1.807) is 42.6 Å². The van der Waals surface area contributed by atoms with Crippen LogP contribution >= 0.6 is 45.9 Å². The van der Waals surface area contributed by atoms with Gasteiger partial charge < -0.3 is 15.3 Å². The van der Waals surface area contributed by atoms with Gasteiger partial charge in [-0.25, -0.2) is 5.43 Å². The summed E-state index contributed by atoms with van der Waals surface area (Å²) in [5, 5.41) is 20.3. The van der Waals surface area contributed by atoms with Crippen molar-refractivity contribution in [1.29, 1.82) is 0 Å². The van der Waals surface area contributed by atoms with Gasteiger partial charge in [-0.3, -0.25) is 9.59 Å². The van der Waals surface area contributed by atoms with Crippen molar-refractivity contribution in [2.45, 2.75) is 19.8 Å². The summed E-state index contributed by atoms with van der Waals surface area (Å²) >= 11 is 14.5. The minimum absolute atomic E-state index is 0.0490. The molecule has 184 valence electrons. The van der Waals surface area contributed by atoms with Gasteiger partial charge in [0.05, 0.1) is 36.0 Å². The van der Waals surface area contributed by atoms with Gasteiger partial charge in [0.25, 0.3) is 11.8 Å². The molecule has 2 amide bonds. The molecular weight excluding hydrogens is 527 g/mol. The molecule has 1 fully saturated rings. The average molecular weight is 552 g/mol. The number of rotatable bonds is 8. The Morgan fingerprint density at radius 1 is 1.09 bits per heavy atom. The molecule has 1 aliphatic rings. The van der Waals surface area contributed by atoms with Crippen LogP contribution < -0.4 is 10.7 Å². The van der Waals surface area contributed by atoms with Crippen LogP contribution in [0.15, 0.2) is 40.8 Å². The van der Waals surface area contributed by atoms with Gasteiger partial charge >= 0.3 is 0 Å². The first-order valence-electron chi connectivity index (χ1n) is 11.0. The maximum absolute atomic E-state index is 12.6. The van der Waals surface area contributed by atoms with E-state index in [0.717, 1.165) is 36.5 Å². The van der Waals surface area contributed by atoms with E-state index in [4.69, 9.17) is 23.2 Å². The quantitative estimate of drug-likeness (QED) is 0.256. The Morgan fingerprint density at radius 3 is 2.51 bits per heavy atom. The third-order valence-electron chi connectivity index (χ3n) is 5.63. The summed E-state index contributed by atoms with van der Waals surface area (Å²) in [5.41, 5.74) is 4.17. The van der Waals surface area contributed by atoms with Crippen molar-refractivity contribution >= 4 is 63.4 Å². The summed E-state index contributed by atoms with van der Waals surface area (Å²) in [4.78, 5) is 28.7. The largest absolute Gasteiger partial charge is 0.506 e. The molecule has 4 rings (SSSR count). The van der Waals surface area contributed by atoms with Crippen molar-refractivity contribution in [2.24, 2.45) is 5.10 Å². The van der Waals surface area contributed by atoms with Gasteiger partial charge in [-0.15, -0.1) is 22.7 Å². The third kappa shape index (κ3) is 6.23. The van der Waals surface area contributed by atoms with Crippen LogP contribution in [0.4, 0.5) is 0 Å². The second-order valence-electron chi connectivity index (χ2n) is 8.06. The fourth-order valence-corrected chi connectivity index (χ4v) is 5.82. The van der Waals surface area contributed by atoms with E-state index < -0.39 is 5.91 Å². The van der Waals surface area contributed by atoms with Crippen molar-refractivity contribution in [1.82, 2.24) is 15.6 Å². The molecule has 7 nitrogen and oxygen atoms in total. The number of hydrazone groups is 1. The molecule has 35 heavy (non-hydrogen) atoms. The molecule has 0 bridgehead atoms. The normalized spacial score (nSPS) is 14.3. The van der Waals surface area contributed by atoms with E-state index in [1.165, 1.54) is 24.2 Å². The fraction of sp³-hybridized carbons (Fsp3) is 0.292. The molecule has 11 heteroatoms. The summed E-state index contributed by atoms with van der Waals surface area (Å²) < 4.78 is 0. The smallest absolute Gasteiger partial charge is 0.281 e. The van der Waals surface area contributed by atoms with Crippen molar-refractivity contribution in [3.05, 3.63) is 61.1 Å². The first kappa shape index (κ1) is 25.7. The minimum Gasteiger partial charge on any atom is -0.506 e. The molecule has 2 aromatic heterocycles. The lowest BCUT2D eigenvalue weighted by molar-refractivity contribution is 0.0949. The van der Waals surface area contributed by atoms with Gasteiger partial charge in [-0.05, 0) is 62.7 Å². The lowest BCUT2D eigenvalue weighted by Gasteiger charge is -2.14. The topological polar surface area (TPSA) is 94.0 Å². The van der Waals surface area contributed by atoms with Gasteiger partial charge in [-0.2, -0.15) is 5.10 Å². The van der Waals surface area contributed by atoms with Gasteiger partial charge in [-0.1, -0.05) is 29.3 Å². The number of nitrogens with zero attached hydrogens (tertiary/aromatic N) is 2. The number of carbonyl (C=O) groups excluding carboxylic acids is 2. The van der Waals surface area contributed by atoms with Gasteiger partial charge in [0.1, 0.15) is 5.75 Å². The summed E-state index contributed by atoms with van der Waals surface area (Å²) in [7, 11) is 0. The van der Waals surface area contributed by atoms with Crippen LogP contribution in [0.1, 0.15) is 44.7 Å². The van der Waals surface area contributed by atoms with Crippen LogP contribution in [0.2, 0.25) is 10.0 Å². The zero-order valence-electron chi connectivity index (χ0n) is 18.9. The Labute approximate surface area is 221 Å². The standard InChI is InChI=1S/C24H24Cl2N4O3S2/c1-14(16-13-34-22(21(16)31)15-4-5-17(25)18(26)12-15)28-29-24(33)20-7-6-19(35-20)23(32)27-8-11-30-9-2-3-10-30/h4-7,12-13,31H,2-3,8-11H2,1H3,(H,27,32)(H,29,33)/b28-14-. The molecule has 0 radical (unpaired) electrons. The highest BCUT2D eigenvalue weighted by Gasteiger charge is 2.18. The molecule has 0 saturated carbocycles. The number of carbonyl (C=O) groups is 2. The number of hydrogen-bond acceptors (Lipinski definition) is 7. The van der Waals surface area contributed by atoms with Crippen LogP contribution in [-0.4, -0.2) is 53.7 Å². The second-order valence-corrected chi connectivity index (χ2v) is 10.8. The average Bonchev–Trinajstić information content (AvgIpc) is 3.60. The monoisotopic (exact) mass is 550 g/mol. The van der Waals surface area contributed by atoms with E-state index in [0.29, 0.717) is 42.5 Å². The highest BCUT2D eigenvalue weighted by molar-refractivity contribution is 7.16. The van der Waals surface area contributed by atoms with E-state index >= 15 is 0 Å². The summed E-state index contributed by atoms with van der Waals surface area (Å²) in [6.07, 6.45) is 2.42. The molecule has 1 aliphatic heterocycles. The Hall–Kier alpha value is -2.43. The van der Waals surface area contributed by atoms with E-state index in [9.17, 15) is 14.7 Å². The molecular formula is C24H24Cl2N4O3S2. The number of halogens is 2. The first-order chi connectivity index (χ1) is 16.8. The Morgan fingerprint density at radius 2 is 1.80 bits per heavy atom. The highest BCUT2D eigenvalue weighted by Crippen LogP contribution is 2.40. The number of aromatic hydroxyl groups is 1. The van der Waals surface area contributed by atoms with Gasteiger partial charge in [0.2, 0.25) is 0 Å². The van der Waals surface area contributed by atoms with Crippen LogP contribution in [0.5, 0.6) is 5.75 Å². The Balaban J connectivity index is 1.35. The molecule has 3 N–H and O–H groups in total. The maximum atomic E-state index is 12.6. The third-order valence-corrected chi connectivity index (χ3v) is 8.47. The zero-order chi connectivity index (χ0) is 24.9. The molecule has 0 atom stereocenters. The van der Waals surface area contributed by atoms with Gasteiger partial charge in [0, 0.05) is 18.5 Å². The lowest BCUT2D eigenvalue weighted by Crippen LogP contribution is -2.33. The van der Waals surface area contributed by atoms with E-state index in [1.807, 2.05) is 0 Å². The summed E-state index contributed by atoms with van der Waals surface area (Å²) in [6.45, 7) is 5.27. The molecule has 1 saturated heterocycles. The Bertz CT molecular complexity index is 1270. The van der Waals surface area contributed by atoms with Crippen LogP contribution in [0, 0.1) is 0 Å². The molecule has 0 aliphatic carbocycles.